The fraction of sp³-hybridized carbons (Fsp3) is 0.462. The molecule has 1 aliphatic heterocycles. The SMILES string of the molecule is Cc1c(C(=O)O)sc2ncnc(NC3CCN(C)C3)c12. The van der Waals surface area contributed by atoms with Crippen LogP contribution in [0.15, 0.2) is 6.33 Å². The Morgan fingerprint density at radius 3 is 3.00 bits per heavy atom. The lowest BCUT2D eigenvalue weighted by molar-refractivity contribution is 0.0701. The molecule has 0 amide bonds. The first-order valence-electron chi connectivity index (χ1n) is 6.48. The second-order valence-electron chi connectivity index (χ2n) is 5.16. The number of carboxylic acids is 1. The van der Waals surface area contributed by atoms with Crippen molar-refractivity contribution in [3.8, 4) is 0 Å². The van der Waals surface area contributed by atoms with E-state index in [1.54, 1.807) is 0 Å². The summed E-state index contributed by atoms with van der Waals surface area (Å²) in [5.41, 5.74) is 0.743. The fourth-order valence-corrected chi connectivity index (χ4v) is 3.62. The minimum atomic E-state index is -0.906. The number of thiophene rings is 1. The van der Waals surface area contributed by atoms with Gasteiger partial charge in [0.2, 0.25) is 0 Å². The number of carbonyl (C=O) groups is 1. The van der Waals surface area contributed by atoms with Crippen LogP contribution in [-0.4, -0.2) is 52.1 Å². The molecule has 1 unspecified atom stereocenters. The molecule has 3 heterocycles. The van der Waals surface area contributed by atoms with Gasteiger partial charge < -0.3 is 15.3 Å². The van der Waals surface area contributed by atoms with Crippen molar-refractivity contribution in [3.05, 3.63) is 16.8 Å². The first kappa shape index (κ1) is 13.3. The van der Waals surface area contributed by atoms with E-state index in [1.165, 1.54) is 17.7 Å². The molecule has 0 radical (unpaired) electrons. The van der Waals surface area contributed by atoms with Crippen molar-refractivity contribution in [1.29, 1.82) is 0 Å². The molecule has 0 spiro atoms. The molecular formula is C13H16N4O2S. The molecule has 6 nitrogen and oxygen atoms in total. The Hall–Kier alpha value is -1.73. The smallest absolute Gasteiger partial charge is 0.346 e. The number of fused-ring (bicyclic) bond motifs is 1. The molecule has 7 heteroatoms. The molecule has 2 aromatic heterocycles. The third-order valence-corrected chi connectivity index (χ3v) is 4.84. The van der Waals surface area contributed by atoms with Crippen LogP contribution in [0.4, 0.5) is 5.82 Å². The Bertz CT molecular complexity index is 670. The zero-order valence-corrected chi connectivity index (χ0v) is 12.2. The maximum absolute atomic E-state index is 11.2. The molecule has 0 aromatic carbocycles. The molecule has 0 aliphatic carbocycles. The van der Waals surface area contributed by atoms with Crippen molar-refractivity contribution in [2.45, 2.75) is 19.4 Å². The summed E-state index contributed by atoms with van der Waals surface area (Å²) in [7, 11) is 2.09. The molecule has 2 aromatic rings. The molecule has 1 aliphatic rings. The second kappa shape index (κ2) is 4.99. The summed E-state index contributed by atoms with van der Waals surface area (Å²) in [6.45, 7) is 3.85. The highest BCUT2D eigenvalue weighted by molar-refractivity contribution is 7.20. The molecule has 1 fully saturated rings. The van der Waals surface area contributed by atoms with E-state index in [0.29, 0.717) is 10.9 Å². The van der Waals surface area contributed by atoms with E-state index in [1.807, 2.05) is 6.92 Å². The summed E-state index contributed by atoms with van der Waals surface area (Å²) in [6.07, 6.45) is 2.56. The molecule has 1 saturated heterocycles. The zero-order chi connectivity index (χ0) is 14.3. The van der Waals surface area contributed by atoms with Crippen molar-refractivity contribution < 1.29 is 9.90 Å². The summed E-state index contributed by atoms with van der Waals surface area (Å²) in [5, 5.41) is 13.5. The Morgan fingerprint density at radius 1 is 1.55 bits per heavy atom. The number of carboxylic acid groups (broad SMARTS) is 1. The number of aromatic carboxylic acids is 1. The first-order chi connectivity index (χ1) is 9.56. The van der Waals surface area contributed by atoms with Crippen molar-refractivity contribution in [2.75, 3.05) is 25.5 Å². The highest BCUT2D eigenvalue weighted by Gasteiger charge is 2.23. The fourth-order valence-electron chi connectivity index (χ4n) is 2.63. The summed E-state index contributed by atoms with van der Waals surface area (Å²) in [6, 6.07) is 0.352. The number of aryl methyl sites for hydroxylation is 1. The monoisotopic (exact) mass is 292 g/mol. The van der Waals surface area contributed by atoms with Crippen LogP contribution in [0.5, 0.6) is 0 Å². The van der Waals surface area contributed by atoms with Crippen molar-refractivity contribution in [3.63, 3.8) is 0 Å². The number of anilines is 1. The quantitative estimate of drug-likeness (QED) is 0.898. The molecule has 0 bridgehead atoms. The normalized spacial score (nSPS) is 19.6. The predicted octanol–water partition coefficient (Wildman–Crippen LogP) is 1.81. The first-order valence-corrected chi connectivity index (χ1v) is 7.30. The molecule has 1 atom stereocenters. The van der Waals surface area contributed by atoms with Gasteiger partial charge in [0.25, 0.3) is 0 Å². The predicted molar refractivity (Wildman–Crippen MR) is 78.6 cm³/mol. The van der Waals surface area contributed by atoms with Crippen LogP contribution in [0.3, 0.4) is 0 Å². The Labute approximate surface area is 120 Å². The van der Waals surface area contributed by atoms with Gasteiger partial charge in [0, 0.05) is 12.6 Å². The van der Waals surface area contributed by atoms with Gasteiger partial charge in [-0.15, -0.1) is 11.3 Å². The standard InChI is InChI=1S/C13H16N4O2S/c1-7-9-11(16-8-3-4-17(2)5-8)14-6-15-12(9)20-10(7)13(18)19/h6,8H,3-5H2,1-2H3,(H,18,19)(H,14,15,16). The van der Waals surface area contributed by atoms with Gasteiger partial charge in [-0.1, -0.05) is 0 Å². The third kappa shape index (κ3) is 2.23. The van der Waals surface area contributed by atoms with Crippen LogP contribution in [0.1, 0.15) is 21.7 Å². The van der Waals surface area contributed by atoms with Crippen LogP contribution >= 0.6 is 11.3 Å². The number of likely N-dealkylation sites (tertiary alicyclic amines) is 1. The molecule has 3 rings (SSSR count). The molecule has 106 valence electrons. The molecule has 0 saturated carbocycles. The lowest BCUT2D eigenvalue weighted by Gasteiger charge is -2.14. The zero-order valence-electron chi connectivity index (χ0n) is 11.4. The van der Waals surface area contributed by atoms with Crippen molar-refractivity contribution in [1.82, 2.24) is 14.9 Å². The van der Waals surface area contributed by atoms with E-state index >= 15 is 0 Å². The summed E-state index contributed by atoms with van der Waals surface area (Å²) < 4.78 is 0. The largest absolute Gasteiger partial charge is 0.477 e. The van der Waals surface area contributed by atoms with E-state index in [-0.39, 0.29) is 0 Å². The Balaban J connectivity index is 2.00. The van der Waals surface area contributed by atoms with Gasteiger partial charge in [0.1, 0.15) is 21.9 Å². The van der Waals surface area contributed by atoms with Gasteiger partial charge in [-0.25, -0.2) is 14.8 Å². The summed E-state index contributed by atoms with van der Waals surface area (Å²) >= 11 is 1.20. The average molecular weight is 292 g/mol. The van der Waals surface area contributed by atoms with E-state index in [2.05, 4.69) is 27.2 Å². The number of likely N-dealkylation sites (N-methyl/N-ethyl adjacent to an activating group) is 1. The van der Waals surface area contributed by atoms with Gasteiger partial charge in [0.05, 0.1) is 5.39 Å². The topological polar surface area (TPSA) is 78.3 Å². The van der Waals surface area contributed by atoms with Crippen LogP contribution < -0.4 is 5.32 Å². The van der Waals surface area contributed by atoms with Gasteiger partial charge in [-0.05, 0) is 32.5 Å². The van der Waals surface area contributed by atoms with Crippen molar-refractivity contribution >= 4 is 33.3 Å². The van der Waals surface area contributed by atoms with Crippen LogP contribution in [0, 0.1) is 6.92 Å². The number of hydrogen-bond acceptors (Lipinski definition) is 6. The third-order valence-electron chi connectivity index (χ3n) is 3.65. The highest BCUT2D eigenvalue weighted by Crippen LogP contribution is 2.33. The molecule has 2 N–H and O–H groups in total. The lowest BCUT2D eigenvalue weighted by Crippen LogP contribution is -2.24. The van der Waals surface area contributed by atoms with Crippen LogP contribution in [0.2, 0.25) is 0 Å². The number of aromatic nitrogens is 2. The minimum absolute atomic E-state index is 0.340. The van der Waals surface area contributed by atoms with Gasteiger partial charge in [-0.3, -0.25) is 0 Å². The highest BCUT2D eigenvalue weighted by atomic mass is 32.1. The number of rotatable bonds is 3. The van der Waals surface area contributed by atoms with E-state index < -0.39 is 5.97 Å². The van der Waals surface area contributed by atoms with Gasteiger partial charge >= 0.3 is 5.97 Å². The maximum Gasteiger partial charge on any atom is 0.346 e. The van der Waals surface area contributed by atoms with E-state index in [0.717, 1.165) is 41.1 Å². The lowest BCUT2D eigenvalue weighted by atomic mass is 10.2. The number of nitrogens with one attached hydrogen (secondary N) is 1. The van der Waals surface area contributed by atoms with E-state index in [9.17, 15) is 9.90 Å². The summed E-state index contributed by atoms with van der Waals surface area (Å²) in [5.74, 6) is -0.159. The summed E-state index contributed by atoms with van der Waals surface area (Å²) in [4.78, 5) is 23.0. The maximum atomic E-state index is 11.2. The molecule has 20 heavy (non-hydrogen) atoms. The Kier molecular flexibility index (Phi) is 3.31. The van der Waals surface area contributed by atoms with E-state index in [4.69, 9.17) is 0 Å². The number of hydrogen-bond donors (Lipinski definition) is 2. The van der Waals surface area contributed by atoms with Gasteiger partial charge in [-0.2, -0.15) is 0 Å². The molecular weight excluding hydrogens is 276 g/mol. The second-order valence-corrected chi connectivity index (χ2v) is 6.16. The number of nitrogens with zero attached hydrogens (tertiary/aromatic N) is 3. The van der Waals surface area contributed by atoms with Gasteiger partial charge in [0.15, 0.2) is 0 Å². The average Bonchev–Trinajstić information content (AvgIpc) is 2.95. The van der Waals surface area contributed by atoms with Crippen LogP contribution in [0.25, 0.3) is 10.2 Å². The minimum Gasteiger partial charge on any atom is -0.477 e. The Morgan fingerprint density at radius 2 is 2.35 bits per heavy atom. The van der Waals surface area contributed by atoms with Crippen molar-refractivity contribution in [2.24, 2.45) is 0 Å². The van der Waals surface area contributed by atoms with Crippen LogP contribution in [-0.2, 0) is 0 Å².